The van der Waals surface area contributed by atoms with Crippen LogP contribution in [0.3, 0.4) is 0 Å². The van der Waals surface area contributed by atoms with Crippen LogP contribution in [0.1, 0.15) is 28.8 Å². The van der Waals surface area contributed by atoms with Crippen molar-refractivity contribution >= 4 is 17.5 Å². The van der Waals surface area contributed by atoms with Crippen LogP contribution in [0.5, 0.6) is 0 Å². The fourth-order valence-corrected chi connectivity index (χ4v) is 3.68. The van der Waals surface area contributed by atoms with Gasteiger partial charge in [-0.05, 0) is 55.6 Å². The molecule has 2 atom stereocenters. The molecule has 2 aromatic carbocycles. The molecule has 1 fully saturated rings. The highest BCUT2D eigenvalue weighted by Crippen LogP contribution is 2.23. The number of carbonyl (C=O) groups excluding carboxylic acids is 1. The Hall–Kier alpha value is -1.92. The number of halogens is 1. The largest absolute Gasteiger partial charge is 0.390 e. The molecule has 1 aliphatic heterocycles. The first-order chi connectivity index (χ1) is 13.5. The number of amides is 1. The summed E-state index contributed by atoms with van der Waals surface area (Å²) in [5, 5.41) is 25.1. The van der Waals surface area contributed by atoms with Crippen molar-refractivity contribution < 1.29 is 15.0 Å². The Bertz CT molecular complexity index is 769. The molecular weight excluding hydrogens is 376 g/mol. The molecule has 0 spiro atoms. The standard InChI is InChI=1S/C22H27ClN2O3/c23-19-10-8-18(9-11-19)21(27)25-14-12-20(26)22(28,16-25)15-24-13-4-7-17-5-2-1-3-6-17/h1-3,5-6,8-11,20,24,26,28H,4,7,12-16H2/t20-,22+/m0/s1. The van der Waals surface area contributed by atoms with E-state index in [1.54, 1.807) is 29.2 Å². The lowest BCUT2D eigenvalue weighted by atomic mass is 9.89. The van der Waals surface area contributed by atoms with Gasteiger partial charge in [0.25, 0.3) is 5.91 Å². The number of rotatable bonds is 7. The molecule has 3 rings (SSSR count). The van der Waals surface area contributed by atoms with Crippen molar-refractivity contribution in [1.82, 2.24) is 10.2 Å². The topological polar surface area (TPSA) is 72.8 Å². The number of carbonyl (C=O) groups is 1. The second kappa shape index (κ2) is 9.52. The summed E-state index contributed by atoms with van der Waals surface area (Å²) in [7, 11) is 0. The van der Waals surface area contributed by atoms with E-state index < -0.39 is 11.7 Å². The van der Waals surface area contributed by atoms with Crippen LogP contribution >= 0.6 is 11.6 Å². The van der Waals surface area contributed by atoms with E-state index in [2.05, 4.69) is 17.4 Å². The summed E-state index contributed by atoms with van der Waals surface area (Å²) in [6.45, 7) is 1.49. The van der Waals surface area contributed by atoms with Crippen molar-refractivity contribution in [3.63, 3.8) is 0 Å². The predicted octanol–water partition coefficient (Wildman–Crippen LogP) is 2.50. The molecule has 0 saturated carbocycles. The molecule has 28 heavy (non-hydrogen) atoms. The molecule has 3 N–H and O–H groups in total. The molecule has 1 amide bonds. The Labute approximate surface area is 170 Å². The van der Waals surface area contributed by atoms with E-state index >= 15 is 0 Å². The van der Waals surface area contributed by atoms with Crippen LogP contribution in [-0.2, 0) is 6.42 Å². The second-order valence-electron chi connectivity index (χ2n) is 7.41. The van der Waals surface area contributed by atoms with Crippen molar-refractivity contribution in [2.24, 2.45) is 0 Å². The molecular formula is C22H27ClN2O3. The molecule has 5 nitrogen and oxygen atoms in total. The Balaban J connectivity index is 1.51. The van der Waals surface area contributed by atoms with Gasteiger partial charge in [0.1, 0.15) is 5.60 Å². The van der Waals surface area contributed by atoms with E-state index in [-0.39, 0.29) is 19.0 Å². The van der Waals surface area contributed by atoms with Crippen LogP contribution in [0.4, 0.5) is 0 Å². The van der Waals surface area contributed by atoms with E-state index in [1.165, 1.54) is 5.56 Å². The summed E-state index contributed by atoms with van der Waals surface area (Å²) >= 11 is 5.88. The zero-order valence-corrected chi connectivity index (χ0v) is 16.6. The smallest absolute Gasteiger partial charge is 0.253 e. The summed E-state index contributed by atoms with van der Waals surface area (Å²) in [5.74, 6) is -0.161. The van der Waals surface area contributed by atoms with Crippen LogP contribution < -0.4 is 5.32 Å². The van der Waals surface area contributed by atoms with Gasteiger partial charge in [0, 0.05) is 23.7 Å². The number of aliphatic hydroxyl groups is 2. The SMILES string of the molecule is O=C(c1ccc(Cl)cc1)N1CC[C@H](O)[C@@](O)(CNCCCc2ccccc2)C1. The van der Waals surface area contributed by atoms with Crippen LogP contribution in [0.2, 0.25) is 5.02 Å². The first kappa shape index (κ1) is 20.8. The molecule has 0 aromatic heterocycles. The number of hydrogen-bond acceptors (Lipinski definition) is 4. The van der Waals surface area contributed by atoms with E-state index in [4.69, 9.17) is 11.6 Å². The van der Waals surface area contributed by atoms with Gasteiger partial charge in [-0.25, -0.2) is 0 Å². The van der Waals surface area contributed by atoms with Gasteiger partial charge in [0.15, 0.2) is 0 Å². The van der Waals surface area contributed by atoms with Crippen molar-refractivity contribution in [3.05, 3.63) is 70.7 Å². The lowest BCUT2D eigenvalue weighted by Gasteiger charge is -2.42. The van der Waals surface area contributed by atoms with Gasteiger partial charge < -0.3 is 20.4 Å². The Morgan fingerprint density at radius 3 is 2.61 bits per heavy atom. The molecule has 2 aromatic rings. The van der Waals surface area contributed by atoms with E-state index in [1.807, 2.05) is 18.2 Å². The van der Waals surface area contributed by atoms with Crippen molar-refractivity contribution in [2.75, 3.05) is 26.2 Å². The number of likely N-dealkylation sites (tertiary alicyclic amines) is 1. The van der Waals surface area contributed by atoms with Crippen LogP contribution in [0.25, 0.3) is 0 Å². The van der Waals surface area contributed by atoms with Crippen LogP contribution in [0, 0.1) is 0 Å². The molecule has 6 heteroatoms. The third kappa shape index (κ3) is 5.32. The van der Waals surface area contributed by atoms with Crippen LogP contribution in [0.15, 0.2) is 54.6 Å². The number of aliphatic hydroxyl groups excluding tert-OH is 1. The molecule has 1 aliphatic rings. The number of benzene rings is 2. The fourth-order valence-electron chi connectivity index (χ4n) is 3.55. The summed E-state index contributed by atoms with van der Waals surface area (Å²) in [4.78, 5) is 14.3. The summed E-state index contributed by atoms with van der Waals surface area (Å²) in [5.41, 5.74) is 0.451. The third-order valence-electron chi connectivity index (χ3n) is 5.23. The van der Waals surface area contributed by atoms with Crippen molar-refractivity contribution in [1.29, 1.82) is 0 Å². The maximum absolute atomic E-state index is 12.7. The predicted molar refractivity (Wildman–Crippen MR) is 111 cm³/mol. The van der Waals surface area contributed by atoms with Gasteiger partial charge >= 0.3 is 0 Å². The van der Waals surface area contributed by atoms with E-state index in [9.17, 15) is 15.0 Å². The Morgan fingerprint density at radius 1 is 1.18 bits per heavy atom. The molecule has 1 heterocycles. The zero-order chi connectivity index (χ0) is 20.0. The summed E-state index contributed by atoms with van der Waals surface area (Å²) in [6, 6.07) is 16.9. The second-order valence-corrected chi connectivity index (χ2v) is 7.84. The minimum Gasteiger partial charge on any atom is -0.390 e. The van der Waals surface area contributed by atoms with Gasteiger partial charge in [-0.15, -0.1) is 0 Å². The van der Waals surface area contributed by atoms with Gasteiger partial charge in [-0.3, -0.25) is 4.79 Å². The molecule has 0 unspecified atom stereocenters. The third-order valence-corrected chi connectivity index (χ3v) is 5.48. The average molecular weight is 403 g/mol. The first-order valence-electron chi connectivity index (χ1n) is 9.68. The summed E-state index contributed by atoms with van der Waals surface area (Å²) < 4.78 is 0. The Kier molecular flexibility index (Phi) is 7.08. The number of β-amino-alcohol motifs (C(OH)–C–C–N with tert-alkyl or cyclic N) is 1. The van der Waals surface area contributed by atoms with E-state index in [0.717, 1.165) is 19.4 Å². The van der Waals surface area contributed by atoms with Gasteiger partial charge in [-0.1, -0.05) is 41.9 Å². The minimum atomic E-state index is -1.35. The average Bonchev–Trinajstić information content (AvgIpc) is 2.71. The molecule has 0 aliphatic carbocycles. The van der Waals surface area contributed by atoms with Gasteiger partial charge in [0.2, 0.25) is 0 Å². The van der Waals surface area contributed by atoms with Crippen molar-refractivity contribution in [2.45, 2.75) is 31.0 Å². The maximum atomic E-state index is 12.7. The minimum absolute atomic E-state index is 0.0985. The number of hydrogen-bond donors (Lipinski definition) is 3. The van der Waals surface area contributed by atoms with E-state index in [0.29, 0.717) is 23.6 Å². The lowest BCUT2D eigenvalue weighted by Crippen LogP contribution is -2.62. The van der Waals surface area contributed by atoms with Crippen molar-refractivity contribution in [3.8, 4) is 0 Å². The normalized spacial score (nSPS) is 22.2. The number of nitrogens with zero attached hydrogens (tertiary/aromatic N) is 1. The summed E-state index contributed by atoms with van der Waals surface area (Å²) in [6.07, 6.45) is 1.38. The molecule has 0 bridgehead atoms. The highest BCUT2D eigenvalue weighted by Gasteiger charge is 2.42. The maximum Gasteiger partial charge on any atom is 0.253 e. The van der Waals surface area contributed by atoms with Gasteiger partial charge in [-0.2, -0.15) is 0 Å². The molecule has 0 radical (unpaired) electrons. The quantitative estimate of drug-likeness (QED) is 0.622. The highest BCUT2D eigenvalue weighted by molar-refractivity contribution is 6.30. The number of nitrogens with one attached hydrogen (secondary N) is 1. The van der Waals surface area contributed by atoms with Crippen LogP contribution in [-0.4, -0.2) is 58.9 Å². The fraction of sp³-hybridized carbons (Fsp3) is 0.409. The molecule has 1 saturated heterocycles. The first-order valence-corrected chi connectivity index (χ1v) is 10.1. The Morgan fingerprint density at radius 2 is 1.89 bits per heavy atom. The number of piperidine rings is 1. The molecule has 150 valence electrons. The monoisotopic (exact) mass is 402 g/mol. The van der Waals surface area contributed by atoms with Gasteiger partial charge in [0.05, 0.1) is 12.6 Å². The lowest BCUT2D eigenvalue weighted by molar-refractivity contribution is -0.111. The highest BCUT2D eigenvalue weighted by atomic mass is 35.5. The zero-order valence-electron chi connectivity index (χ0n) is 15.9. The number of aryl methyl sites for hydroxylation is 1.